The monoisotopic (exact) mass is 921 g/mol. The van der Waals surface area contributed by atoms with Crippen molar-refractivity contribution in [2.24, 2.45) is 4.52 Å². The van der Waals surface area contributed by atoms with Gasteiger partial charge in [0.25, 0.3) is 0 Å². The first-order valence-corrected chi connectivity index (χ1v) is 35.0. The van der Waals surface area contributed by atoms with Gasteiger partial charge < -0.3 is 38.2 Å². The van der Waals surface area contributed by atoms with Gasteiger partial charge in [0.05, 0.1) is 47.1 Å². The first-order chi connectivity index (χ1) is 23.7. The topological polar surface area (TPSA) is 74.2 Å². The van der Waals surface area contributed by atoms with Crippen molar-refractivity contribution in [3.63, 3.8) is 0 Å². The van der Waals surface area contributed by atoms with Crippen LogP contribution in [0.5, 0.6) is 0 Å². The second-order valence-corrected chi connectivity index (χ2v) is 36.3. The summed E-state index contributed by atoms with van der Waals surface area (Å²) in [6, 6.07) is 0. The summed E-state index contributed by atoms with van der Waals surface area (Å²) in [5, 5.41) is 0. The van der Waals surface area contributed by atoms with Crippen molar-refractivity contribution in [1.29, 1.82) is 0 Å². The Morgan fingerprint density at radius 3 is 1.22 bits per heavy atom. The second-order valence-electron chi connectivity index (χ2n) is 10.3. The maximum absolute atomic E-state index is 5.63. The molecule has 0 aromatic carbocycles. The number of hydrogen-bond donors (Lipinski definition) is 0. The zero-order valence-corrected chi connectivity index (χ0v) is 43.9. The molecule has 0 amide bonds. The minimum absolute atomic E-state index is 0.0355. The third kappa shape index (κ3) is 46.8. The van der Waals surface area contributed by atoms with Crippen LogP contribution in [0.3, 0.4) is 0 Å². The molecular weight excluding hydrogens is 846 g/mol. The summed E-state index contributed by atoms with van der Waals surface area (Å²) in [5.74, 6) is 0. The van der Waals surface area contributed by atoms with Crippen LogP contribution in [0, 0.1) is 0 Å². The lowest BCUT2D eigenvalue weighted by Gasteiger charge is -2.27. The first-order valence-electron chi connectivity index (χ1n) is 16.9. The Morgan fingerprint density at radius 1 is 0.571 bits per heavy atom. The molecule has 0 bridgehead atoms. The lowest BCUT2D eigenvalue weighted by Crippen LogP contribution is -2.33. The van der Waals surface area contributed by atoms with Crippen LogP contribution in [0.1, 0.15) is 13.8 Å². The zero-order valence-electron chi connectivity index (χ0n) is 31.5. The second kappa shape index (κ2) is 48.7. The molecule has 9 nitrogen and oxygen atoms in total. The molecule has 0 spiro atoms. The van der Waals surface area contributed by atoms with E-state index < -0.39 is 0 Å². The maximum atomic E-state index is 5.63. The largest absolute Gasteiger partial charge is 0.384 e. The highest BCUT2D eigenvalue weighted by Crippen LogP contribution is 2.77. The van der Waals surface area contributed by atoms with E-state index in [0.29, 0.717) is 0 Å². The standard InChI is InChI=1S/C20H45NO5P2.C8H21NOP2.H9NP8/c1-6-26-10-7-21(8-15-27(17-11-22-2)18-12-23-3)9-16-28(19-13-24-4)20-14-25-5;1-2-10-6-3-9(4-7-11)5-8-12;2-7-9(5)6-1-8(3)4/h6-20H2,1-5H3;2-8,11-12H2,1H3;7H,2-5H2. The van der Waals surface area contributed by atoms with E-state index >= 15 is 0 Å². The molecule has 0 saturated heterocycles. The predicted molar refractivity (Wildman–Crippen MR) is 256 cm³/mol. The normalized spacial score (nSPS) is 12.6. The van der Waals surface area contributed by atoms with E-state index in [1.807, 2.05) is 6.92 Å². The number of ether oxygens (including phenoxy) is 6. The molecule has 21 heteroatoms. The molecule has 0 radical (unpaired) electrons. The van der Waals surface area contributed by atoms with Crippen molar-refractivity contribution >= 4 is 100 Å². The molecule has 0 aromatic heterocycles. The number of nitrogens with zero attached hydrogens (tertiary/aromatic N) is 3. The average Bonchev–Trinajstić information content (AvgIpc) is 3.10. The summed E-state index contributed by atoms with van der Waals surface area (Å²) in [4.78, 5) is 5.02. The SMILES string of the molecule is CCOCCN(CCP(CCOC)CCOC)CCP(CCOC)CCOC.CCOCCN(CCP)CCP.PPP(P)P=NP(P)P. The summed E-state index contributed by atoms with van der Waals surface area (Å²) in [6.07, 6.45) is 9.48. The molecule has 49 heavy (non-hydrogen) atoms. The highest BCUT2D eigenvalue weighted by atomic mass is 32.8. The van der Waals surface area contributed by atoms with Crippen molar-refractivity contribution in [2.75, 3.05) is 170 Å². The summed E-state index contributed by atoms with van der Waals surface area (Å²) in [6.45, 7) is 17.6. The first kappa shape index (κ1) is 57.8. The molecule has 8 unspecified atom stereocenters. The van der Waals surface area contributed by atoms with Crippen LogP contribution in [0.25, 0.3) is 0 Å². The van der Waals surface area contributed by atoms with E-state index in [1.165, 1.54) is 45.0 Å². The van der Waals surface area contributed by atoms with E-state index in [2.05, 4.69) is 75.4 Å². The van der Waals surface area contributed by atoms with Gasteiger partial charge in [0.15, 0.2) is 0 Å². The maximum Gasteiger partial charge on any atom is 0.0593 e. The Kier molecular flexibility index (Phi) is 57.4. The van der Waals surface area contributed by atoms with Gasteiger partial charge in [-0.05, 0) is 63.1 Å². The number of rotatable bonds is 33. The van der Waals surface area contributed by atoms with Crippen LogP contribution in [0.4, 0.5) is 0 Å². The van der Waals surface area contributed by atoms with Gasteiger partial charge in [-0.2, -0.15) is 0 Å². The van der Waals surface area contributed by atoms with Crippen molar-refractivity contribution in [3.8, 4) is 0 Å². The smallest absolute Gasteiger partial charge is 0.0593 e. The van der Waals surface area contributed by atoms with E-state index in [4.69, 9.17) is 28.4 Å². The van der Waals surface area contributed by atoms with Crippen molar-refractivity contribution in [2.45, 2.75) is 13.8 Å². The Labute approximate surface area is 325 Å². The van der Waals surface area contributed by atoms with Crippen LogP contribution in [0.2, 0.25) is 0 Å². The highest BCUT2D eigenvalue weighted by Gasteiger charge is 2.14. The summed E-state index contributed by atoms with van der Waals surface area (Å²) < 4.78 is 36.5. The number of methoxy groups -OCH3 is 4. The molecule has 8 atom stereocenters. The van der Waals surface area contributed by atoms with Gasteiger partial charge in [-0.1, -0.05) is 34.7 Å². The van der Waals surface area contributed by atoms with Crippen LogP contribution in [-0.2, 0) is 28.4 Å². The minimum atomic E-state index is -0.195. The van der Waals surface area contributed by atoms with Gasteiger partial charge in [0.1, 0.15) is 0 Å². The Morgan fingerprint density at radius 2 is 0.939 bits per heavy atom. The zero-order chi connectivity index (χ0) is 37.4. The van der Waals surface area contributed by atoms with Crippen LogP contribution >= 0.6 is 100 Å². The van der Waals surface area contributed by atoms with Gasteiger partial charge in [-0.3, -0.25) is 0 Å². The van der Waals surface area contributed by atoms with Crippen molar-refractivity contribution < 1.29 is 28.4 Å². The van der Waals surface area contributed by atoms with Crippen molar-refractivity contribution in [3.05, 3.63) is 0 Å². The predicted octanol–water partition coefficient (Wildman–Crippen LogP) is 8.61. The quantitative estimate of drug-likeness (QED) is 0.0479. The van der Waals surface area contributed by atoms with Crippen LogP contribution < -0.4 is 0 Å². The van der Waals surface area contributed by atoms with Crippen LogP contribution in [-0.4, -0.2) is 180 Å². The Hall–Kier alpha value is 4.51. The van der Waals surface area contributed by atoms with Gasteiger partial charge in [0.2, 0.25) is 0 Å². The fraction of sp³-hybridized carbons (Fsp3) is 1.00. The molecular formula is C28H75N3O6P12. The Balaban J connectivity index is -0.000000820. The molecule has 0 saturated carbocycles. The minimum Gasteiger partial charge on any atom is -0.384 e. The molecule has 0 N–H and O–H groups in total. The van der Waals surface area contributed by atoms with Gasteiger partial charge in [-0.15, -0.1) is 43.3 Å². The molecule has 0 aliphatic heterocycles. The molecule has 0 rings (SSSR count). The molecule has 0 aliphatic carbocycles. The lowest BCUT2D eigenvalue weighted by molar-refractivity contribution is 0.118. The van der Waals surface area contributed by atoms with Gasteiger partial charge in [0, 0.05) is 96.0 Å². The average molecular weight is 922 g/mol. The third-order valence-corrected chi connectivity index (χ3v) is 28.9. The molecule has 298 valence electrons. The number of hydrogen-bond acceptors (Lipinski definition) is 9. The molecule has 0 fully saturated rings. The third-order valence-electron chi connectivity index (χ3n) is 6.69. The fourth-order valence-corrected chi connectivity index (χ4v) is 18.1. The van der Waals surface area contributed by atoms with E-state index in [1.54, 1.807) is 28.4 Å². The lowest BCUT2D eigenvalue weighted by atomic mass is 10.5. The summed E-state index contributed by atoms with van der Waals surface area (Å²) in [7, 11) is 25.7. The summed E-state index contributed by atoms with van der Waals surface area (Å²) in [5.41, 5.74) is 0. The van der Waals surface area contributed by atoms with Gasteiger partial charge in [-0.25, -0.2) is 4.52 Å². The van der Waals surface area contributed by atoms with E-state index in [9.17, 15) is 0 Å². The Bertz CT molecular complexity index is 618. The van der Waals surface area contributed by atoms with Crippen molar-refractivity contribution in [1.82, 2.24) is 9.80 Å². The van der Waals surface area contributed by atoms with E-state index in [0.717, 1.165) is 112 Å². The summed E-state index contributed by atoms with van der Waals surface area (Å²) >= 11 is 0. The molecule has 0 aliphatic rings. The molecule has 0 aromatic rings. The highest BCUT2D eigenvalue weighted by molar-refractivity contribution is 8.78. The van der Waals surface area contributed by atoms with Crippen LogP contribution in [0.15, 0.2) is 4.52 Å². The fourth-order valence-electron chi connectivity index (χ4n) is 3.95. The van der Waals surface area contributed by atoms with Gasteiger partial charge >= 0.3 is 0 Å². The molecule has 0 heterocycles. The van der Waals surface area contributed by atoms with E-state index in [-0.39, 0.29) is 30.3 Å².